The highest BCUT2D eigenvalue weighted by Crippen LogP contribution is 2.34. The lowest BCUT2D eigenvalue weighted by Gasteiger charge is -2.38. The molecule has 1 aromatic heterocycles. The number of nitrogens with zero attached hydrogens (tertiary/aromatic N) is 5. The first-order chi connectivity index (χ1) is 17.0. The SMILES string of the molecule is CC[C@H](C(=O)N1CCc2nc(N3CCC(C)CC3)nc(N3CCC(C)CC3)c2C1)c1ccccc1. The Morgan fingerprint density at radius 1 is 0.914 bits per heavy atom. The molecular formula is C29H41N5O. The summed E-state index contributed by atoms with van der Waals surface area (Å²) in [6.07, 6.45) is 6.43. The molecule has 1 aromatic carbocycles. The number of rotatable bonds is 5. The Kier molecular flexibility index (Phi) is 7.26. The van der Waals surface area contributed by atoms with Crippen LogP contribution in [0.2, 0.25) is 0 Å². The molecule has 35 heavy (non-hydrogen) atoms. The largest absolute Gasteiger partial charge is 0.356 e. The highest BCUT2D eigenvalue weighted by molar-refractivity contribution is 5.84. The minimum Gasteiger partial charge on any atom is -0.356 e. The van der Waals surface area contributed by atoms with Crippen LogP contribution in [0.3, 0.4) is 0 Å². The molecule has 0 spiro atoms. The van der Waals surface area contributed by atoms with Gasteiger partial charge in [-0.3, -0.25) is 4.79 Å². The fourth-order valence-electron chi connectivity index (χ4n) is 5.86. The van der Waals surface area contributed by atoms with Crippen molar-refractivity contribution >= 4 is 17.7 Å². The monoisotopic (exact) mass is 475 g/mol. The molecule has 0 N–H and O–H groups in total. The van der Waals surface area contributed by atoms with Crippen molar-refractivity contribution in [1.82, 2.24) is 14.9 Å². The van der Waals surface area contributed by atoms with Gasteiger partial charge in [-0.15, -0.1) is 0 Å². The topological polar surface area (TPSA) is 52.6 Å². The van der Waals surface area contributed by atoms with Gasteiger partial charge >= 0.3 is 0 Å². The van der Waals surface area contributed by atoms with Crippen molar-refractivity contribution in [3.8, 4) is 0 Å². The number of carbonyl (C=O) groups excluding carboxylic acids is 1. The van der Waals surface area contributed by atoms with Crippen molar-refractivity contribution in [3.05, 3.63) is 47.2 Å². The molecule has 6 nitrogen and oxygen atoms in total. The van der Waals surface area contributed by atoms with E-state index in [2.05, 4.69) is 47.6 Å². The van der Waals surface area contributed by atoms with Gasteiger partial charge in [0.2, 0.25) is 11.9 Å². The summed E-state index contributed by atoms with van der Waals surface area (Å²) in [5, 5.41) is 0. The number of hydrogen-bond acceptors (Lipinski definition) is 5. The van der Waals surface area contributed by atoms with Gasteiger partial charge < -0.3 is 14.7 Å². The van der Waals surface area contributed by atoms with E-state index in [1.165, 1.54) is 31.2 Å². The van der Waals surface area contributed by atoms with Crippen molar-refractivity contribution in [2.24, 2.45) is 11.8 Å². The Morgan fingerprint density at radius 3 is 2.17 bits per heavy atom. The third-order valence-electron chi connectivity index (χ3n) is 8.40. The molecule has 5 rings (SSSR count). The molecule has 2 saturated heterocycles. The van der Waals surface area contributed by atoms with Crippen molar-refractivity contribution in [1.29, 1.82) is 0 Å². The van der Waals surface area contributed by atoms with Crippen LogP contribution in [-0.4, -0.2) is 53.5 Å². The number of anilines is 2. The minimum absolute atomic E-state index is 0.0902. The first-order valence-electron chi connectivity index (χ1n) is 13.8. The molecule has 2 aromatic rings. The second-order valence-electron chi connectivity index (χ2n) is 11.0. The summed E-state index contributed by atoms with van der Waals surface area (Å²) in [6.45, 7) is 12.3. The highest BCUT2D eigenvalue weighted by atomic mass is 16.2. The zero-order valence-corrected chi connectivity index (χ0v) is 21.7. The third-order valence-corrected chi connectivity index (χ3v) is 8.40. The van der Waals surface area contributed by atoms with Crippen LogP contribution in [0.1, 0.15) is 75.6 Å². The molecule has 6 heteroatoms. The molecular weight excluding hydrogens is 434 g/mol. The quantitative estimate of drug-likeness (QED) is 0.607. The standard InChI is InChI=1S/C29H41N5O/c1-4-24(23-8-6-5-7-9-23)28(35)34-19-14-26-25(20-34)27(32-15-10-21(2)11-16-32)31-29(30-26)33-17-12-22(3)13-18-33/h5-9,21-22,24H,4,10-20H2,1-3H3/t24-/m0/s1. The predicted molar refractivity (Wildman–Crippen MR) is 142 cm³/mol. The lowest BCUT2D eigenvalue weighted by atomic mass is 9.93. The normalized spacial score (nSPS) is 20.6. The van der Waals surface area contributed by atoms with E-state index in [0.29, 0.717) is 6.54 Å². The van der Waals surface area contributed by atoms with Crippen LogP contribution in [0.5, 0.6) is 0 Å². The number of carbonyl (C=O) groups is 1. The van der Waals surface area contributed by atoms with Crippen molar-refractivity contribution < 1.29 is 4.79 Å². The smallest absolute Gasteiger partial charge is 0.230 e. The van der Waals surface area contributed by atoms with E-state index in [9.17, 15) is 4.79 Å². The Balaban J connectivity index is 1.44. The molecule has 2 fully saturated rings. The van der Waals surface area contributed by atoms with Gasteiger partial charge in [0.15, 0.2) is 0 Å². The second kappa shape index (κ2) is 10.5. The summed E-state index contributed by atoms with van der Waals surface area (Å²) in [5.41, 5.74) is 3.44. The van der Waals surface area contributed by atoms with E-state index in [1.807, 2.05) is 18.2 Å². The average molecular weight is 476 g/mol. The van der Waals surface area contributed by atoms with Crippen molar-refractivity contribution in [3.63, 3.8) is 0 Å². The lowest BCUT2D eigenvalue weighted by Crippen LogP contribution is -2.42. The van der Waals surface area contributed by atoms with Gasteiger partial charge in [-0.2, -0.15) is 4.98 Å². The molecule has 0 unspecified atom stereocenters. The Labute approximate surface area is 210 Å². The number of piperidine rings is 2. The molecule has 3 aliphatic heterocycles. The summed E-state index contributed by atoms with van der Waals surface area (Å²) in [5.74, 6) is 3.67. The molecule has 1 amide bonds. The molecule has 0 aliphatic carbocycles. The molecule has 4 heterocycles. The molecule has 1 atom stereocenters. The zero-order valence-electron chi connectivity index (χ0n) is 21.7. The van der Waals surface area contributed by atoms with Crippen LogP contribution in [0.4, 0.5) is 11.8 Å². The lowest BCUT2D eigenvalue weighted by molar-refractivity contribution is -0.133. The maximum Gasteiger partial charge on any atom is 0.230 e. The summed E-state index contributed by atoms with van der Waals surface area (Å²) < 4.78 is 0. The van der Waals surface area contributed by atoms with E-state index in [-0.39, 0.29) is 11.8 Å². The zero-order chi connectivity index (χ0) is 24.4. The first-order valence-corrected chi connectivity index (χ1v) is 13.8. The van der Waals surface area contributed by atoms with Gasteiger partial charge in [0, 0.05) is 44.7 Å². The third kappa shape index (κ3) is 5.17. The fourth-order valence-corrected chi connectivity index (χ4v) is 5.86. The second-order valence-corrected chi connectivity index (χ2v) is 11.0. The van der Waals surface area contributed by atoms with Gasteiger partial charge in [-0.25, -0.2) is 4.98 Å². The van der Waals surface area contributed by atoms with Crippen LogP contribution in [0.15, 0.2) is 30.3 Å². The van der Waals surface area contributed by atoms with E-state index < -0.39 is 0 Å². The Morgan fingerprint density at radius 2 is 1.54 bits per heavy atom. The first kappa shape index (κ1) is 24.1. The van der Waals surface area contributed by atoms with Gasteiger partial charge in [-0.05, 0) is 49.5 Å². The molecule has 3 aliphatic rings. The average Bonchev–Trinajstić information content (AvgIpc) is 2.89. The van der Waals surface area contributed by atoms with E-state index in [0.717, 1.165) is 80.4 Å². The molecule has 188 valence electrons. The van der Waals surface area contributed by atoms with Crippen LogP contribution in [-0.2, 0) is 17.8 Å². The molecule has 0 bridgehead atoms. The van der Waals surface area contributed by atoms with Crippen LogP contribution in [0.25, 0.3) is 0 Å². The van der Waals surface area contributed by atoms with Crippen LogP contribution < -0.4 is 9.80 Å². The maximum absolute atomic E-state index is 13.7. The summed E-state index contributed by atoms with van der Waals surface area (Å²) in [4.78, 5) is 30.9. The van der Waals surface area contributed by atoms with E-state index in [1.54, 1.807) is 0 Å². The Hall–Kier alpha value is -2.63. The number of amides is 1. The maximum atomic E-state index is 13.7. The van der Waals surface area contributed by atoms with E-state index in [4.69, 9.17) is 9.97 Å². The van der Waals surface area contributed by atoms with Gasteiger partial charge in [-0.1, -0.05) is 51.1 Å². The predicted octanol–water partition coefficient (Wildman–Crippen LogP) is 5.03. The van der Waals surface area contributed by atoms with Gasteiger partial charge in [0.05, 0.1) is 18.2 Å². The van der Waals surface area contributed by atoms with Crippen molar-refractivity contribution in [2.45, 2.75) is 71.8 Å². The van der Waals surface area contributed by atoms with Crippen molar-refractivity contribution in [2.75, 3.05) is 42.5 Å². The summed E-state index contributed by atoms with van der Waals surface area (Å²) >= 11 is 0. The van der Waals surface area contributed by atoms with Crippen LogP contribution >= 0.6 is 0 Å². The number of hydrogen-bond donors (Lipinski definition) is 0. The minimum atomic E-state index is -0.0902. The Bertz CT molecular complexity index is 1010. The summed E-state index contributed by atoms with van der Waals surface area (Å²) in [6, 6.07) is 10.2. The van der Waals surface area contributed by atoms with Gasteiger partial charge in [0.25, 0.3) is 0 Å². The van der Waals surface area contributed by atoms with Gasteiger partial charge in [0.1, 0.15) is 5.82 Å². The number of fused-ring (bicyclic) bond motifs is 1. The molecule has 0 saturated carbocycles. The number of benzene rings is 1. The molecule has 0 radical (unpaired) electrons. The number of aromatic nitrogens is 2. The summed E-state index contributed by atoms with van der Waals surface area (Å²) in [7, 11) is 0. The fraction of sp³-hybridized carbons (Fsp3) is 0.621. The highest BCUT2D eigenvalue weighted by Gasteiger charge is 2.32. The van der Waals surface area contributed by atoms with Crippen LogP contribution in [0, 0.1) is 11.8 Å². The van der Waals surface area contributed by atoms with E-state index >= 15 is 0 Å².